The minimum absolute atomic E-state index is 0.459. The monoisotopic (exact) mass is 342 g/mol. The van der Waals surface area contributed by atoms with Crippen molar-refractivity contribution < 1.29 is 4.52 Å². The summed E-state index contributed by atoms with van der Waals surface area (Å²) in [5, 5.41) is 5.47. The molecule has 0 unspecified atom stereocenters. The van der Waals surface area contributed by atoms with Gasteiger partial charge in [0, 0.05) is 32.2 Å². The summed E-state index contributed by atoms with van der Waals surface area (Å²) in [7, 11) is 0. The number of piperazine rings is 1. The summed E-state index contributed by atoms with van der Waals surface area (Å²) in [6, 6.07) is 6.80. The van der Waals surface area contributed by atoms with Crippen LogP contribution in [0, 0.1) is 12.8 Å². The molecule has 1 aliphatic carbocycles. The molecule has 2 aromatic rings. The fourth-order valence-electron chi connectivity index (χ4n) is 4.28. The normalized spacial score (nSPS) is 25.6. The molecule has 1 aliphatic heterocycles. The molecule has 0 bridgehead atoms. The van der Waals surface area contributed by atoms with Crippen molar-refractivity contribution in [3.63, 3.8) is 0 Å². The van der Waals surface area contributed by atoms with E-state index in [0.29, 0.717) is 6.04 Å². The maximum Gasteiger partial charge on any atom is 0.180 e. The summed E-state index contributed by atoms with van der Waals surface area (Å²) < 4.78 is 5.53. The van der Waals surface area contributed by atoms with Crippen molar-refractivity contribution in [3.05, 3.63) is 23.8 Å². The van der Waals surface area contributed by atoms with Gasteiger partial charge in [0.1, 0.15) is 0 Å². The van der Waals surface area contributed by atoms with Gasteiger partial charge in [0.2, 0.25) is 0 Å². The molecule has 2 aliphatic rings. The molecule has 2 heterocycles. The summed E-state index contributed by atoms with van der Waals surface area (Å²) in [5.41, 5.74) is 8.12. The highest BCUT2D eigenvalue weighted by molar-refractivity contribution is 5.89. The first-order valence-corrected chi connectivity index (χ1v) is 9.78. The van der Waals surface area contributed by atoms with Crippen LogP contribution in [0.2, 0.25) is 0 Å². The molecule has 4 rings (SSSR count). The molecule has 1 saturated carbocycles. The summed E-state index contributed by atoms with van der Waals surface area (Å²) in [4.78, 5) is 4.98. The predicted octanol–water partition coefficient (Wildman–Crippen LogP) is 3.17. The molecular weight excluding hydrogens is 312 g/mol. The van der Waals surface area contributed by atoms with Gasteiger partial charge in [0.25, 0.3) is 0 Å². The molecule has 0 spiro atoms. The number of anilines is 1. The van der Waals surface area contributed by atoms with E-state index in [1.165, 1.54) is 44.2 Å². The molecule has 1 saturated heterocycles. The van der Waals surface area contributed by atoms with Crippen LogP contribution < -0.4 is 10.6 Å². The van der Waals surface area contributed by atoms with Crippen LogP contribution in [0.25, 0.3) is 11.0 Å². The summed E-state index contributed by atoms with van der Waals surface area (Å²) in [6.45, 7) is 7.61. The van der Waals surface area contributed by atoms with E-state index in [0.717, 1.165) is 48.9 Å². The van der Waals surface area contributed by atoms with E-state index in [2.05, 4.69) is 40.1 Å². The highest BCUT2D eigenvalue weighted by Gasteiger charge is 2.23. The molecule has 2 N–H and O–H groups in total. The fourth-order valence-corrected chi connectivity index (χ4v) is 4.28. The number of benzene rings is 1. The third kappa shape index (κ3) is 3.82. The Morgan fingerprint density at radius 3 is 2.64 bits per heavy atom. The van der Waals surface area contributed by atoms with Gasteiger partial charge in [-0.1, -0.05) is 11.2 Å². The van der Waals surface area contributed by atoms with Crippen molar-refractivity contribution in [2.24, 2.45) is 11.7 Å². The smallest absolute Gasteiger partial charge is 0.180 e. The van der Waals surface area contributed by atoms with Gasteiger partial charge >= 0.3 is 0 Å². The molecule has 0 radical (unpaired) electrons. The zero-order chi connectivity index (χ0) is 17.2. The van der Waals surface area contributed by atoms with Gasteiger partial charge in [0.05, 0.1) is 5.39 Å². The SMILES string of the molecule is Cc1ccc2c(N3CCN(CCC4CCC(N)CC4)CC3)noc2c1. The van der Waals surface area contributed by atoms with Crippen LogP contribution in [0.1, 0.15) is 37.7 Å². The number of nitrogens with zero attached hydrogens (tertiary/aromatic N) is 3. The van der Waals surface area contributed by atoms with Crippen LogP contribution in [0.15, 0.2) is 22.7 Å². The first kappa shape index (κ1) is 16.9. The minimum Gasteiger partial charge on any atom is -0.354 e. The second kappa shape index (κ2) is 7.34. The van der Waals surface area contributed by atoms with E-state index < -0.39 is 0 Å². The average Bonchev–Trinajstić information content (AvgIpc) is 3.04. The topological polar surface area (TPSA) is 58.5 Å². The number of fused-ring (bicyclic) bond motifs is 1. The number of hydrogen-bond donors (Lipinski definition) is 1. The van der Waals surface area contributed by atoms with Gasteiger partial charge < -0.3 is 15.2 Å². The fraction of sp³-hybridized carbons (Fsp3) is 0.650. The van der Waals surface area contributed by atoms with E-state index in [9.17, 15) is 0 Å². The number of hydrogen-bond acceptors (Lipinski definition) is 5. The van der Waals surface area contributed by atoms with Gasteiger partial charge in [-0.25, -0.2) is 0 Å². The van der Waals surface area contributed by atoms with Gasteiger partial charge in [0.15, 0.2) is 11.4 Å². The second-order valence-electron chi connectivity index (χ2n) is 7.90. The van der Waals surface area contributed by atoms with Gasteiger partial charge in [-0.15, -0.1) is 0 Å². The Kier molecular flexibility index (Phi) is 4.95. The molecule has 2 fully saturated rings. The quantitative estimate of drug-likeness (QED) is 0.925. The Hall–Kier alpha value is -1.59. The lowest BCUT2D eigenvalue weighted by atomic mass is 9.84. The Morgan fingerprint density at radius 2 is 1.88 bits per heavy atom. The Balaban J connectivity index is 1.29. The zero-order valence-electron chi connectivity index (χ0n) is 15.3. The first-order chi connectivity index (χ1) is 12.2. The molecular formula is C20H30N4O. The van der Waals surface area contributed by atoms with Crippen molar-refractivity contribution in [1.29, 1.82) is 0 Å². The van der Waals surface area contributed by atoms with E-state index in [1.807, 2.05) is 0 Å². The number of nitrogens with two attached hydrogens (primary N) is 1. The molecule has 1 aromatic heterocycles. The second-order valence-corrected chi connectivity index (χ2v) is 7.90. The van der Waals surface area contributed by atoms with Crippen LogP contribution in [-0.4, -0.2) is 48.8 Å². The molecule has 5 nitrogen and oxygen atoms in total. The summed E-state index contributed by atoms with van der Waals surface area (Å²) in [5.74, 6) is 1.90. The van der Waals surface area contributed by atoms with Crippen molar-refractivity contribution >= 4 is 16.8 Å². The van der Waals surface area contributed by atoms with Crippen LogP contribution in [0.3, 0.4) is 0 Å². The minimum atomic E-state index is 0.459. The van der Waals surface area contributed by atoms with E-state index >= 15 is 0 Å². The van der Waals surface area contributed by atoms with E-state index in [-0.39, 0.29) is 0 Å². The summed E-state index contributed by atoms with van der Waals surface area (Å²) >= 11 is 0. The number of aromatic nitrogens is 1. The molecule has 1 aromatic carbocycles. The highest BCUT2D eigenvalue weighted by atomic mass is 16.5. The Labute approximate surface area is 150 Å². The maximum absolute atomic E-state index is 6.02. The number of rotatable bonds is 4. The van der Waals surface area contributed by atoms with Gasteiger partial charge in [-0.2, -0.15) is 0 Å². The standard InChI is InChI=1S/C20H30N4O/c1-15-2-7-18-19(14-15)25-22-20(18)24-12-10-23(11-13-24)9-8-16-3-5-17(21)6-4-16/h2,7,14,16-17H,3-6,8-13,21H2,1H3. The first-order valence-electron chi connectivity index (χ1n) is 9.78. The Bertz CT molecular complexity index is 697. The van der Waals surface area contributed by atoms with Crippen molar-refractivity contribution in [2.75, 3.05) is 37.6 Å². The van der Waals surface area contributed by atoms with E-state index in [4.69, 9.17) is 10.3 Å². The van der Waals surface area contributed by atoms with Gasteiger partial charge in [-0.05, 0) is 69.2 Å². The molecule has 5 heteroatoms. The van der Waals surface area contributed by atoms with Crippen LogP contribution in [0.4, 0.5) is 5.82 Å². The lowest BCUT2D eigenvalue weighted by molar-refractivity contribution is 0.216. The zero-order valence-corrected chi connectivity index (χ0v) is 15.3. The van der Waals surface area contributed by atoms with Crippen molar-refractivity contribution in [1.82, 2.24) is 10.1 Å². The Morgan fingerprint density at radius 1 is 1.12 bits per heavy atom. The molecule has 0 atom stereocenters. The molecule has 0 amide bonds. The molecule has 25 heavy (non-hydrogen) atoms. The van der Waals surface area contributed by atoms with Gasteiger partial charge in [-0.3, -0.25) is 4.90 Å². The van der Waals surface area contributed by atoms with Crippen molar-refractivity contribution in [3.8, 4) is 0 Å². The lowest BCUT2D eigenvalue weighted by Gasteiger charge is -2.36. The predicted molar refractivity (Wildman–Crippen MR) is 102 cm³/mol. The van der Waals surface area contributed by atoms with Crippen LogP contribution in [0.5, 0.6) is 0 Å². The largest absolute Gasteiger partial charge is 0.354 e. The third-order valence-corrected chi connectivity index (χ3v) is 6.03. The molecule has 136 valence electrons. The summed E-state index contributed by atoms with van der Waals surface area (Å²) in [6.07, 6.45) is 6.42. The average molecular weight is 342 g/mol. The maximum atomic E-state index is 6.02. The van der Waals surface area contributed by atoms with Crippen molar-refractivity contribution in [2.45, 2.75) is 45.1 Å². The van der Waals surface area contributed by atoms with Crippen LogP contribution in [-0.2, 0) is 0 Å². The highest BCUT2D eigenvalue weighted by Crippen LogP contribution is 2.28. The van der Waals surface area contributed by atoms with E-state index in [1.54, 1.807) is 0 Å². The van der Waals surface area contributed by atoms with Crippen LogP contribution >= 0.6 is 0 Å². The third-order valence-electron chi connectivity index (χ3n) is 6.03. The number of aryl methyl sites for hydroxylation is 1. The lowest BCUT2D eigenvalue weighted by Crippen LogP contribution is -2.47.